The number of rotatable bonds is 8. The molecule has 208 valence electrons. The molecule has 0 amide bonds. The maximum Gasteiger partial charge on any atom is 0.505 e. The van der Waals surface area contributed by atoms with Crippen LogP contribution in [0.1, 0.15) is 90.5 Å². The quantitative estimate of drug-likeness (QED) is 0.384. The zero-order valence-corrected chi connectivity index (χ0v) is 23.9. The molecule has 2 heterocycles. The zero-order valence-electron chi connectivity index (χ0n) is 23.9. The largest absolute Gasteiger partial charge is 0.505 e. The number of piperazine rings is 1. The summed E-state index contributed by atoms with van der Waals surface area (Å²) in [6.07, 6.45) is 8.64. The van der Waals surface area contributed by atoms with Crippen molar-refractivity contribution >= 4 is 17.5 Å². The van der Waals surface area contributed by atoms with E-state index >= 15 is 0 Å². The number of carbonyl (C=O) groups is 1. The topological polar surface area (TPSA) is 56.2 Å². The molecule has 1 N–H and O–H groups in total. The highest BCUT2D eigenvalue weighted by Gasteiger charge is 2.32. The van der Waals surface area contributed by atoms with E-state index in [9.17, 15) is 4.79 Å². The second kappa shape index (κ2) is 12.7. The van der Waals surface area contributed by atoms with Gasteiger partial charge >= 0.3 is 6.16 Å². The summed E-state index contributed by atoms with van der Waals surface area (Å²) in [4.78, 5) is 18.6. The Labute approximate surface area is 225 Å². The summed E-state index contributed by atoms with van der Waals surface area (Å²) >= 11 is 0. The standard InChI is InChI=1S/C31H51N3O3/c1-5-6-15-32-18-20-34(21-19-32)29-12-11-27(33-16-13-24(14-17-33)23-37-30(35)36)22-28(29)25-7-9-26(10-8-25)31(2,3)4/h11-12,22,24-26H,5-10,13-21,23H2,1-4H3,(H,35,36). The van der Waals surface area contributed by atoms with Crippen molar-refractivity contribution < 1.29 is 14.6 Å². The van der Waals surface area contributed by atoms with E-state index in [1.165, 1.54) is 69.5 Å². The maximum absolute atomic E-state index is 10.8. The van der Waals surface area contributed by atoms with E-state index in [-0.39, 0.29) is 0 Å². The molecule has 4 rings (SSSR count). The first kappa shape index (κ1) is 28.1. The van der Waals surface area contributed by atoms with Gasteiger partial charge in [0.15, 0.2) is 0 Å². The fraction of sp³-hybridized carbons (Fsp3) is 0.774. The highest BCUT2D eigenvalue weighted by atomic mass is 16.7. The normalized spacial score (nSPS) is 24.3. The lowest BCUT2D eigenvalue weighted by Gasteiger charge is -2.41. The van der Waals surface area contributed by atoms with Crippen molar-refractivity contribution in [2.45, 2.75) is 85.0 Å². The summed E-state index contributed by atoms with van der Waals surface area (Å²) in [5.41, 5.74) is 4.79. The predicted octanol–water partition coefficient (Wildman–Crippen LogP) is 6.84. The van der Waals surface area contributed by atoms with Crippen LogP contribution in [0, 0.1) is 17.3 Å². The molecule has 0 atom stereocenters. The predicted molar refractivity (Wildman–Crippen MR) is 153 cm³/mol. The van der Waals surface area contributed by atoms with Gasteiger partial charge in [-0.15, -0.1) is 0 Å². The summed E-state index contributed by atoms with van der Waals surface area (Å²) in [5, 5.41) is 8.84. The molecule has 3 aliphatic rings. The molecule has 0 spiro atoms. The SMILES string of the molecule is CCCCN1CCN(c2ccc(N3CCC(COC(=O)O)CC3)cc2C2CCC(C(C)(C)C)CC2)CC1. The highest BCUT2D eigenvalue weighted by molar-refractivity contribution is 5.64. The highest BCUT2D eigenvalue weighted by Crippen LogP contribution is 2.46. The third-order valence-corrected chi connectivity index (χ3v) is 9.37. The number of carboxylic acid groups (broad SMARTS) is 1. The number of anilines is 2. The van der Waals surface area contributed by atoms with E-state index in [2.05, 4.69) is 60.6 Å². The first-order valence-electron chi connectivity index (χ1n) is 15.0. The van der Waals surface area contributed by atoms with Gasteiger partial charge < -0.3 is 19.6 Å². The number of unbranched alkanes of at least 4 members (excludes halogenated alkanes) is 1. The molecule has 6 nitrogen and oxygen atoms in total. The molecule has 37 heavy (non-hydrogen) atoms. The lowest BCUT2D eigenvalue weighted by molar-refractivity contribution is 0.0727. The summed E-state index contributed by atoms with van der Waals surface area (Å²) in [6, 6.07) is 7.29. The van der Waals surface area contributed by atoms with Crippen LogP contribution in [0.5, 0.6) is 0 Å². The molecule has 0 aromatic heterocycles. The van der Waals surface area contributed by atoms with Crippen molar-refractivity contribution in [3.63, 3.8) is 0 Å². The molecule has 0 unspecified atom stereocenters. The van der Waals surface area contributed by atoms with Gasteiger partial charge in [-0.05, 0) is 98.4 Å². The van der Waals surface area contributed by atoms with E-state index in [4.69, 9.17) is 9.84 Å². The average Bonchev–Trinajstić information content (AvgIpc) is 2.90. The van der Waals surface area contributed by atoms with Crippen LogP contribution in [0.2, 0.25) is 0 Å². The number of hydrogen-bond acceptors (Lipinski definition) is 5. The average molecular weight is 514 g/mol. The van der Waals surface area contributed by atoms with Crippen molar-refractivity contribution in [2.75, 3.05) is 62.2 Å². The second-order valence-corrected chi connectivity index (χ2v) is 12.8. The lowest BCUT2D eigenvalue weighted by Crippen LogP contribution is -2.47. The van der Waals surface area contributed by atoms with Gasteiger partial charge in [0.05, 0.1) is 6.61 Å². The fourth-order valence-electron chi connectivity index (χ4n) is 6.77. The Morgan fingerprint density at radius 1 is 0.946 bits per heavy atom. The molecule has 1 aromatic carbocycles. The Balaban J connectivity index is 1.47. The Morgan fingerprint density at radius 3 is 2.22 bits per heavy atom. The van der Waals surface area contributed by atoms with Crippen LogP contribution in [-0.4, -0.2) is 68.6 Å². The van der Waals surface area contributed by atoms with Crippen LogP contribution < -0.4 is 9.80 Å². The molecule has 2 saturated heterocycles. The Morgan fingerprint density at radius 2 is 1.62 bits per heavy atom. The molecule has 6 heteroatoms. The minimum absolute atomic E-state index is 0.328. The van der Waals surface area contributed by atoms with E-state index in [0.29, 0.717) is 23.9 Å². The van der Waals surface area contributed by atoms with Crippen LogP contribution in [-0.2, 0) is 4.74 Å². The van der Waals surface area contributed by atoms with Crippen LogP contribution >= 0.6 is 0 Å². The van der Waals surface area contributed by atoms with Gasteiger partial charge in [0.1, 0.15) is 0 Å². The van der Waals surface area contributed by atoms with Crippen LogP contribution in [0.3, 0.4) is 0 Å². The Hall–Kier alpha value is -1.95. The van der Waals surface area contributed by atoms with Crippen molar-refractivity contribution in [3.05, 3.63) is 23.8 Å². The van der Waals surface area contributed by atoms with Gasteiger partial charge in [0, 0.05) is 50.6 Å². The van der Waals surface area contributed by atoms with E-state index in [0.717, 1.165) is 44.9 Å². The van der Waals surface area contributed by atoms with Crippen LogP contribution in [0.15, 0.2) is 18.2 Å². The minimum atomic E-state index is -1.16. The molecule has 1 aromatic rings. The van der Waals surface area contributed by atoms with Crippen molar-refractivity contribution in [1.82, 2.24) is 4.90 Å². The smallest absolute Gasteiger partial charge is 0.450 e. The van der Waals surface area contributed by atoms with Gasteiger partial charge in [0.25, 0.3) is 0 Å². The second-order valence-electron chi connectivity index (χ2n) is 12.8. The molecule has 0 radical (unpaired) electrons. The first-order valence-corrected chi connectivity index (χ1v) is 15.0. The summed E-state index contributed by atoms with van der Waals surface area (Å²) in [7, 11) is 0. The number of benzene rings is 1. The molecule has 3 fully saturated rings. The monoisotopic (exact) mass is 513 g/mol. The Kier molecular flexibility index (Phi) is 9.66. The number of hydrogen-bond donors (Lipinski definition) is 1. The van der Waals surface area contributed by atoms with Crippen molar-refractivity contribution in [3.8, 4) is 0 Å². The van der Waals surface area contributed by atoms with Gasteiger partial charge in [-0.2, -0.15) is 0 Å². The molecule has 1 saturated carbocycles. The molecule has 1 aliphatic carbocycles. The van der Waals surface area contributed by atoms with Gasteiger partial charge in [-0.1, -0.05) is 34.1 Å². The van der Waals surface area contributed by atoms with E-state index < -0.39 is 6.16 Å². The van der Waals surface area contributed by atoms with Gasteiger partial charge in [-0.3, -0.25) is 4.90 Å². The summed E-state index contributed by atoms with van der Waals surface area (Å²) in [6.45, 7) is 17.6. The van der Waals surface area contributed by atoms with Crippen molar-refractivity contribution in [1.29, 1.82) is 0 Å². The number of ether oxygens (including phenoxy) is 1. The van der Waals surface area contributed by atoms with E-state index in [1.807, 2.05) is 0 Å². The molecule has 2 aliphatic heterocycles. The maximum atomic E-state index is 10.8. The minimum Gasteiger partial charge on any atom is -0.450 e. The van der Waals surface area contributed by atoms with E-state index in [1.54, 1.807) is 5.56 Å². The zero-order chi connectivity index (χ0) is 26.4. The number of piperidine rings is 1. The van der Waals surface area contributed by atoms with Gasteiger partial charge in [0.2, 0.25) is 0 Å². The third kappa shape index (κ3) is 7.55. The lowest BCUT2D eigenvalue weighted by atomic mass is 9.68. The molecular formula is C31H51N3O3. The van der Waals surface area contributed by atoms with Gasteiger partial charge in [-0.25, -0.2) is 4.79 Å². The summed E-state index contributed by atoms with van der Waals surface area (Å²) in [5.74, 6) is 1.81. The Bertz CT molecular complexity index is 859. The van der Waals surface area contributed by atoms with Crippen molar-refractivity contribution in [2.24, 2.45) is 17.3 Å². The molecule has 0 bridgehead atoms. The summed E-state index contributed by atoms with van der Waals surface area (Å²) < 4.78 is 4.85. The first-order chi connectivity index (χ1) is 17.7. The fourth-order valence-corrected chi connectivity index (χ4v) is 6.77. The third-order valence-electron chi connectivity index (χ3n) is 9.37. The molecular weight excluding hydrogens is 462 g/mol. The van der Waals surface area contributed by atoms with Crippen LogP contribution in [0.25, 0.3) is 0 Å². The number of nitrogens with zero attached hydrogens (tertiary/aromatic N) is 3. The van der Waals surface area contributed by atoms with Crippen LogP contribution in [0.4, 0.5) is 16.2 Å².